The quantitative estimate of drug-likeness (QED) is 0.848. The van der Waals surface area contributed by atoms with Gasteiger partial charge in [-0.3, -0.25) is 0 Å². The van der Waals surface area contributed by atoms with E-state index in [2.05, 4.69) is 29.1 Å². The van der Waals surface area contributed by atoms with Crippen molar-refractivity contribution in [2.45, 2.75) is 39.3 Å². The SMILES string of the molecule is COC1CC(Nc2ccnc(C)n2)C1(C)C. The molecule has 0 spiro atoms. The van der Waals surface area contributed by atoms with Crippen molar-refractivity contribution >= 4 is 5.82 Å². The molecule has 88 valence electrons. The van der Waals surface area contributed by atoms with Gasteiger partial charge in [-0.2, -0.15) is 0 Å². The molecule has 1 N–H and O–H groups in total. The van der Waals surface area contributed by atoms with E-state index in [9.17, 15) is 0 Å². The summed E-state index contributed by atoms with van der Waals surface area (Å²) in [7, 11) is 1.78. The monoisotopic (exact) mass is 221 g/mol. The van der Waals surface area contributed by atoms with Crippen LogP contribution < -0.4 is 5.32 Å². The maximum absolute atomic E-state index is 5.42. The Kier molecular flexibility index (Phi) is 2.84. The highest BCUT2D eigenvalue weighted by atomic mass is 16.5. The van der Waals surface area contributed by atoms with Crippen molar-refractivity contribution in [3.8, 4) is 0 Å². The van der Waals surface area contributed by atoms with Crippen LogP contribution in [0.25, 0.3) is 0 Å². The summed E-state index contributed by atoms with van der Waals surface area (Å²) in [6.07, 6.45) is 3.16. The minimum Gasteiger partial charge on any atom is -0.381 e. The predicted octanol–water partition coefficient (Wildman–Crippen LogP) is 2.01. The van der Waals surface area contributed by atoms with Crippen molar-refractivity contribution in [1.82, 2.24) is 9.97 Å². The minimum atomic E-state index is 0.160. The normalized spacial score (nSPS) is 27.2. The van der Waals surface area contributed by atoms with Gasteiger partial charge in [0.1, 0.15) is 11.6 Å². The second-order valence-electron chi connectivity index (χ2n) is 4.97. The van der Waals surface area contributed by atoms with Crippen molar-refractivity contribution < 1.29 is 4.74 Å². The molecular formula is C12H19N3O. The topological polar surface area (TPSA) is 47.0 Å². The first-order chi connectivity index (χ1) is 7.54. The van der Waals surface area contributed by atoms with Crippen LogP contribution in [-0.2, 0) is 4.74 Å². The molecule has 1 aliphatic carbocycles. The van der Waals surface area contributed by atoms with E-state index in [-0.39, 0.29) is 5.41 Å². The number of nitrogens with zero attached hydrogens (tertiary/aromatic N) is 2. The average Bonchev–Trinajstić information content (AvgIpc) is 2.23. The van der Waals surface area contributed by atoms with Gasteiger partial charge in [-0.25, -0.2) is 9.97 Å². The number of hydrogen-bond donors (Lipinski definition) is 1. The fourth-order valence-electron chi connectivity index (χ4n) is 2.25. The number of aryl methyl sites for hydroxylation is 1. The Morgan fingerprint density at radius 1 is 1.50 bits per heavy atom. The molecule has 4 nitrogen and oxygen atoms in total. The molecule has 1 aliphatic rings. The van der Waals surface area contributed by atoms with E-state index in [0.717, 1.165) is 18.1 Å². The molecule has 4 heteroatoms. The second kappa shape index (κ2) is 4.01. The molecule has 2 unspecified atom stereocenters. The van der Waals surface area contributed by atoms with E-state index in [1.54, 1.807) is 13.3 Å². The number of aromatic nitrogens is 2. The average molecular weight is 221 g/mol. The number of anilines is 1. The Hall–Kier alpha value is -1.16. The van der Waals surface area contributed by atoms with Crippen molar-refractivity contribution in [3.63, 3.8) is 0 Å². The van der Waals surface area contributed by atoms with Gasteiger partial charge in [-0.15, -0.1) is 0 Å². The van der Waals surface area contributed by atoms with Gasteiger partial charge in [-0.05, 0) is 19.4 Å². The lowest BCUT2D eigenvalue weighted by Crippen LogP contribution is -2.57. The fraction of sp³-hybridized carbons (Fsp3) is 0.667. The first-order valence-electron chi connectivity index (χ1n) is 5.63. The summed E-state index contributed by atoms with van der Waals surface area (Å²) in [6, 6.07) is 2.33. The maximum atomic E-state index is 5.42. The van der Waals surface area contributed by atoms with E-state index < -0.39 is 0 Å². The summed E-state index contributed by atoms with van der Waals surface area (Å²) in [6.45, 7) is 6.34. The molecule has 0 radical (unpaired) electrons. The third-order valence-electron chi connectivity index (χ3n) is 3.56. The van der Waals surface area contributed by atoms with Gasteiger partial charge in [0.25, 0.3) is 0 Å². The highest BCUT2D eigenvalue weighted by Gasteiger charge is 2.48. The molecular weight excluding hydrogens is 202 g/mol. The Bertz CT molecular complexity index is 378. The van der Waals surface area contributed by atoms with Crippen LogP contribution in [0, 0.1) is 12.3 Å². The van der Waals surface area contributed by atoms with Crippen LogP contribution in [0.4, 0.5) is 5.82 Å². The Labute approximate surface area is 96.4 Å². The highest BCUT2D eigenvalue weighted by Crippen LogP contribution is 2.43. The largest absolute Gasteiger partial charge is 0.381 e. The van der Waals surface area contributed by atoms with Crippen molar-refractivity contribution in [1.29, 1.82) is 0 Å². The van der Waals surface area contributed by atoms with Crippen LogP contribution in [0.2, 0.25) is 0 Å². The highest BCUT2D eigenvalue weighted by molar-refractivity contribution is 5.36. The lowest BCUT2D eigenvalue weighted by molar-refractivity contribution is -0.0795. The molecule has 0 bridgehead atoms. The Morgan fingerprint density at radius 3 is 2.81 bits per heavy atom. The number of hydrogen-bond acceptors (Lipinski definition) is 4. The van der Waals surface area contributed by atoms with E-state index in [1.165, 1.54) is 0 Å². The summed E-state index contributed by atoms with van der Waals surface area (Å²) < 4.78 is 5.42. The lowest BCUT2D eigenvalue weighted by atomic mass is 9.64. The molecule has 2 atom stereocenters. The number of nitrogens with one attached hydrogen (secondary N) is 1. The smallest absolute Gasteiger partial charge is 0.129 e. The van der Waals surface area contributed by atoms with Crippen LogP contribution >= 0.6 is 0 Å². The Morgan fingerprint density at radius 2 is 2.25 bits per heavy atom. The molecule has 0 amide bonds. The van der Waals surface area contributed by atoms with E-state index in [0.29, 0.717) is 12.1 Å². The molecule has 0 aromatic carbocycles. The van der Waals surface area contributed by atoms with Crippen LogP contribution in [0.5, 0.6) is 0 Å². The first-order valence-corrected chi connectivity index (χ1v) is 5.63. The zero-order chi connectivity index (χ0) is 11.8. The van der Waals surface area contributed by atoms with Crippen LogP contribution in [0.3, 0.4) is 0 Å². The van der Waals surface area contributed by atoms with Gasteiger partial charge in [0.05, 0.1) is 6.10 Å². The maximum Gasteiger partial charge on any atom is 0.129 e. The molecule has 2 rings (SSSR count). The van der Waals surface area contributed by atoms with Gasteiger partial charge in [0.15, 0.2) is 0 Å². The first kappa shape index (κ1) is 11.3. The predicted molar refractivity (Wildman–Crippen MR) is 63.4 cm³/mol. The van der Waals surface area contributed by atoms with Crippen molar-refractivity contribution in [2.75, 3.05) is 12.4 Å². The van der Waals surface area contributed by atoms with Gasteiger partial charge in [0.2, 0.25) is 0 Å². The molecule has 1 saturated carbocycles. The van der Waals surface area contributed by atoms with Gasteiger partial charge < -0.3 is 10.1 Å². The van der Waals surface area contributed by atoms with Gasteiger partial charge >= 0.3 is 0 Å². The summed E-state index contributed by atoms with van der Waals surface area (Å²) in [5, 5.41) is 3.44. The molecule has 0 saturated heterocycles. The zero-order valence-corrected chi connectivity index (χ0v) is 10.3. The van der Waals surface area contributed by atoms with Crippen LogP contribution in [-0.4, -0.2) is 29.2 Å². The Balaban J connectivity index is 2.02. The molecule has 0 aliphatic heterocycles. The summed E-state index contributed by atoms with van der Waals surface area (Å²) in [5.41, 5.74) is 0.160. The summed E-state index contributed by atoms with van der Waals surface area (Å²) >= 11 is 0. The summed E-state index contributed by atoms with van der Waals surface area (Å²) in [5.74, 6) is 1.70. The molecule has 1 heterocycles. The molecule has 16 heavy (non-hydrogen) atoms. The molecule has 1 fully saturated rings. The van der Waals surface area contributed by atoms with E-state index in [4.69, 9.17) is 4.74 Å². The standard InChI is InChI=1S/C12H19N3O/c1-8-13-6-5-11(14-8)15-9-7-10(16-4)12(9,2)3/h5-6,9-10H,7H2,1-4H3,(H,13,14,15). The zero-order valence-electron chi connectivity index (χ0n) is 10.3. The van der Waals surface area contributed by atoms with Crippen LogP contribution in [0.1, 0.15) is 26.1 Å². The molecule has 1 aromatic rings. The van der Waals surface area contributed by atoms with Gasteiger partial charge in [-0.1, -0.05) is 13.8 Å². The van der Waals surface area contributed by atoms with Crippen molar-refractivity contribution in [2.24, 2.45) is 5.41 Å². The molecule has 1 aromatic heterocycles. The third kappa shape index (κ3) is 1.89. The second-order valence-corrected chi connectivity index (χ2v) is 4.97. The third-order valence-corrected chi connectivity index (χ3v) is 3.56. The van der Waals surface area contributed by atoms with Crippen molar-refractivity contribution in [3.05, 3.63) is 18.1 Å². The van der Waals surface area contributed by atoms with E-state index in [1.807, 2.05) is 13.0 Å². The lowest BCUT2D eigenvalue weighted by Gasteiger charge is -2.51. The van der Waals surface area contributed by atoms with Gasteiger partial charge in [0, 0.05) is 24.8 Å². The summed E-state index contributed by atoms with van der Waals surface area (Å²) in [4.78, 5) is 8.43. The van der Waals surface area contributed by atoms with Crippen LogP contribution in [0.15, 0.2) is 12.3 Å². The fourth-order valence-corrected chi connectivity index (χ4v) is 2.25. The van der Waals surface area contributed by atoms with E-state index >= 15 is 0 Å². The number of methoxy groups -OCH3 is 1. The number of ether oxygens (including phenoxy) is 1. The number of rotatable bonds is 3. The minimum absolute atomic E-state index is 0.160.